The van der Waals surface area contributed by atoms with Gasteiger partial charge in [-0.15, -0.1) is 0 Å². The van der Waals surface area contributed by atoms with E-state index in [2.05, 4.69) is 35.1 Å². The number of rotatable bonds is 16. The van der Waals surface area contributed by atoms with Gasteiger partial charge >= 0.3 is 0 Å². The first-order valence-electron chi connectivity index (χ1n) is 10.4. The second kappa shape index (κ2) is 16.1. The lowest BCUT2D eigenvalue weighted by Gasteiger charge is -2.21. The van der Waals surface area contributed by atoms with E-state index in [1.54, 1.807) is 11.1 Å². The van der Waals surface area contributed by atoms with Gasteiger partial charge < -0.3 is 21.3 Å². The molecule has 0 heterocycles. The molecule has 4 heteroatoms. The Bertz CT molecular complexity index is 285. The Hall–Kier alpha value is -0.420. The molecule has 0 aromatic carbocycles. The zero-order valence-electron chi connectivity index (χ0n) is 16.3. The van der Waals surface area contributed by atoms with E-state index in [-0.39, 0.29) is 0 Å². The van der Waals surface area contributed by atoms with Gasteiger partial charge in [-0.05, 0) is 90.6 Å². The topological polar surface area (TPSA) is 48.1 Å². The van der Waals surface area contributed by atoms with Crippen LogP contribution in [0.25, 0.3) is 0 Å². The minimum atomic E-state index is 1.09. The molecule has 0 saturated carbocycles. The summed E-state index contributed by atoms with van der Waals surface area (Å²) in [5.41, 5.74) is 3.38. The first-order valence-corrected chi connectivity index (χ1v) is 10.4. The Labute approximate surface area is 150 Å². The van der Waals surface area contributed by atoms with Gasteiger partial charge in [0.15, 0.2) is 0 Å². The van der Waals surface area contributed by atoms with Crippen LogP contribution in [0.4, 0.5) is 0 Å². The Morgan fingerprint density at radius 2 is 0.958 bits per heavy atom. The fourth-order valence-corrected chi connectivity index (χ4v) is 3.29. The van der Waals surface area contributed by atoms with Crippen LogP contribution in [0.3, 0.4) is 0 Å². The molecular formula is C20H42N4. The van der Waals surface area contributed by atoms with Crippen molar-refractivity contribution in [2.75, 3.05) is 52.4 Å². The highest BCUT2D eigenvalue weighted by Crippen LogP contribution is 2.23. The van der Waals surface area contributed by atoms with Crippen LogP contribution in [0.1, 0.15) is 65.2 Å². The molecule has 0 radical (unpaired) electrons. The summed E-state index contributed by atoms with van der Waals surface area (Å²) in [6, 6.07) is 0. The van der Waals surface area contributed by atoms with Crippen molar-refractivity contribution < 1.29 is 0 Å². The van der Waals surface area contributed by atoms with Crippen molar-refractivity contribution in [2.24, 2.45) is 0 Å². The van der Waals surface area contributed by atoms with Gasteiger partial charge in [0.2, 0.25) is 0 Å². The molecule has 4 N–H and O–H groups in total. The van der Waals surface area contributed by atoms with Crippen LogP contribution < -0.4 is 21.3 Å². The van der Waals surface area contributed by atoms with Crippen LogP contribution in [-0.2, 0) is 0 Å². The largest absolute Gasteiger partial charge is 0.317 e. The molecule has 0 amide bonds. The van der Waals surface area contributed by atoms with E-state index < -0.39 is 0 Å². The molecule has 0 atom stereocenters. The van der Waals surface area contributed by atoms with Crippen molar-refractivity contribution in [3.63, 3.8) is 0 Å². The predicted octanol–water partition coefficient (Wildman–Crippen LogP) is 2.82. The van der Waals surface area contributed by atoms with E-state index in [0.29, 0.717) is 0 Å². The maximum absolute atomic E-state index is 3.67. The summed E-state index contributed by atoms with van der Waals surface area (Å²) in [7, 11) is 0. The molecule has 24 heavy (non-hydrogen) atoms. The van der Waals surface area contributed by atoms with Crippen molar-refractivity contribution in [2.45, 2.75) is 65.2 Å². The lowest BCUT2D eigenvalue weighted by Crippen LogP contribution is -2.26. The molecule has 0 aliphatic heterocycles. The van der Waals surface area contributed by atoms with Gasteiger partial charge in [-0.1, -0.05) is 25.0 Å². The Balaban J connectivity index is 2.11. The number of hydrogen-bond donors (Lipinski definition) is 4. The van der Waals surface area contributed by atoms with Gasteiger partial charge in [0.25, 0.3) is 0 Å². The molecular weight excluding hydrogens is 296 g/mol. The molecule has 4 nitrogen and oxygen atoms in total. The summed E-state index contributed by atoms with van der Waals surface area (Å²) in [6.07, 6.45) is 10.5. The second-order valence-electron chi connectivity index (χ2n) is 6.89. The van der Waals surface area contributed by atoms with Crippen LogP contribution in [0, 0.1) is 0 Å². The summed E-state index contributed by atoms with van der Waals surface area (Å²) in [5, 5.41) is 14.1. The lowest BCUT2D eigenvalue weighted by atomic mass is 9.91. The molecule has 1 aliphatic carbocycles. The van der Waals surface area contributed by atoms with Gasteiger partial charge in [0, 0.05) is 13.1 Å². The molecule has 0 unspecified atom stereocenters. The van der Waals surface area contributed by atoms with Gasteiger partial charge in [0.05, 0.1) is 0 Å². The number of hydrogen-bond acceptors (Lipinski definition) is 4. The van der Waals surface area contributed by atoms with E-state index in [1.165, 1.54) is 51.4 Å². The van der Waals surface area contributed by atoms with Crippen molar-refractivity contribution in [3.05, 3.63) is 11.1 Å². The van der Waals surface area contributed by atoms with Crippen molar-refractivity contribution in [1.82, 2.24) is 21.3 Å². The predicted molar refractivity (Wildman–Crippen MR) is 107 cm³/mol. The first-order chi connectivity index (χ1) is 11.9. The quantitative estimate of drug-likeness (QED) is 0.258. The Kier molecular flexibility index (Phi) is 14.5. The number of unbranched alkanes of at least 4 members (excludes halogenated alkanes) is 2. The van der Waals surface area contributed by atoms with Crippen molar-refractivity contribution in [3.8, 4) is 0 Å². The highest BCUT2D eigenvalue weighted by molar-refractivity contribution is 5.19. The standard InChI is InChI=1S/C20H42N4/c1-3-21-13-7-9-15-23-17-19-11-5-6-12-20(19)18-24-16-10-8-14-22-4-2/h21-24H,3-18H2,1-2H3. The van der Waals surface area contributed by atoms with Crippen LogP contribution >= 0.6 is 0 Å². The summed E-state index contributed by atoms with van der Waals surface area (Å²) < 4.78 is 0. The molecule has 142 valence electrons. The van der Waals surface area contributed by atoms with E-state index in [0.717, 1.165) is 52.4 Å². The first kappa shape index (κ1) is 21.6. The normalized spacial score (nSPS) is 15.2. The van der Waals surface area contributed by atoms with E-state index in [1.807, 2.05) is 0 Å². The maximum Gasteiger partial charge on any atom is 0.0167 e. The zero-order valence-corrected chi connectivity index (χ0v) is 16.3. The van der Waals surface area contributed by atoms with E-state index >= 15 is 0 Å². The average molecular weight is 339 g/mol. The molecule has 1 aliphatic rings. The minimum absolute atomic E-state index is 1.09. The summed E-state index contributed by atoms with van der Waals surface area (Å²) in [4.78, 5) is 0. The van der Waals surface area contributed by atoms with Gasteiger partial charge in [-0.25, -0.2) is 0 Å². The average Bonchev–Trinajstić information content (AvgIpc) is 2.61. The summed E-state index contributed by atoms with van der Waals surface area (Å²) in [5.74, 6) is 0. The smallest absolute Gasteiger partial charge is 0.0167 e. The van der Waals surface area contributed by atoms with E-state index in [9.17, 15) is 0 Å². The molecule has 0 bridgehead atoms. The fourth-order valence-electron chi connectivity index (χ4n) is 3.29. The highest BCUT2D eigenvalue weighted by Gasteiger charge is 2.11. The third kappa shape index (κ3) is 11.2. The van der Waals surface area contributed by atoms with Gasteiger partial charge in [0.1, 0.15) is 0 Å². The monoisotopic (exact) mass is 338 g/mol. The SMILES string of the molecule is CCNCCCCNCC1=C(CNCCCCNCC)CCCC1. The second-order valence-corrected chi connectivity index (χ2v) is 6.89. The molecule has 0 fully saturated rings. The molecule has 0 aromatic rings. The maximum atomic E-state index is 3.67. The van der Waals surface area contributed by atoms with Crippen molar-refractivity contribution in [1.29, 1.82) is 0 Å². The van der Waals surface area contributed by atoms with E-state index in [4.69, 9.17) is 0 Å². The van der Waals surface area contributed by atoms with Crippen LogP contribution in [-0.4, -0.2) is 52.4 Å². The van der Waals surface area contributed by atoms with Crippen LogP contribution in [0.2, 0.25) is 0 Å². The Morgan fingerprint density at radius 1 is 0.583 bits per heavy atom. The summed E-state index contributed by atoms with van der Waals surface area (Å²) in [6.45, 7) is 13.4. The highest BCUT2D eigenvalue weighted by atomic mass is 14.9. The third-order valence-corrected chi connectivity index (χ3v) is 4.80. The number of nitrogens with one attached hydrogen (secondary N) is 4. The van der Waals surface area contributed by atoms with Crippen LogP contribution in [0.5, 0.6) is 0 Å². The minimum Gasteiger partial charge on any atom is -0.317 e. The fraction of sp³-hybridized carbons (Fsp3) is 0.900. The van der Waals surface area contributed by atoms with Gasteiger partial charge in [-0.3, -0.25) is 0 Å². The third-order valence-electron chi connectivity index (χ3n) is 4.80. The van der Waals surface area contributed by atoms with Crippen LogP contribution in [0.15, 0.2) is 11.1 Å². The van der Waals surface area contributed by atoms with Crippen molar-refractivity contribution >= 4 is 0 Å². The zero-order chi connectivity index (χ0) is 17.3. The molecule has 0 spiro atoms. The lowest BCUT2D eigenvalue weighted by molar-refractivity contribution is 0.566. The summed E-state index contributed by atoms with van der Waals surface area (Å²) >= 11 is 0. The van der Waals surface area contributed by atoms with Gasteiger partial charge in [-0.2, -0.15) is 0 Å². The Morgan fingerprint density at radius 3 is 1.33 bits per heavy atom. The molecule has 0 aromatic heterocycles. The molecule has 1 rings (SSSR count). The molecule has 0 saturated heterocycles.